The first-order valence-electron chi connectivity index (χ1n) is 8.48. The molecule has 1 aromatic rings. The summed E-state index contributed by atoms with van der Waals surface area (Å²) < 4.78 is 44.0. The number of nitrogens with zero attached hydrogens (tertiary/aromatic N) is 1. The van der Waals surface area contributed by atoms with Crippen molar-refractivity contribution >= 4 is 5.91 Å². The number of aliphatic hydroxyl groups is 1. The van der Waals surface area contributed by atoms with Gasteiger partial charge in [0.05, 0.1) is 11.2 Å². The molecule has 0 radical (unpaired) electrons. The van der Waals surface area contributed by atoms with E-state index in [2.05, 4.69) is 0 Å². The third-order valence-corrected chi connectivity index (χ3v) is 4.55. The van der Waals surface area contributed by atoms with E-state index in [1.807, 2.05) is 6.92 Å². The topological polar surface area (TPSA) is 49.8 Å². The molecule has 0 spiro atoms. The lowest BCUT2D eigenvalue weighted by Gasteiger charge is -2.39. The molecule has 1 amide bonds. The van der Waals surface area contributed by atoms with Crippen molar-refractivity contribution in [2.45, 2.75) is 51.0 Å². The van der Waals surface area contributed by atoms with E-state index in [-0.39, 0.29) is 37.4 Å². The molecular formula is C18H24F3NO3. The highest BCUT2D eigenvalue weighted by atomic mass is 19.4. The molecule has 1 aliphatic heterocycles. The summed E-state index contributed by atoms with van der Waals surface area (Å²) in [7, 11) is 0. The number of likely N-dealkylation sites (tertiary alicyclic amines) is 1. The van der Waals surface area contributed by atoms with Crippen LogP contribution in [0.3, 0.4) is 0 Å². The second-order valence-corrected chi connectivity index (χ2v) is 6.45. The van der Waals surface area contributed by atoms with E-state index >= 15 is 0 Å². The molecule has 7 heteroatoms. The summed E-state index contributed by atoms with van der Waals surface area (Å²) in [5.41, 5.74) is -1.89. The zero-order valence-corrected chi connectivity index (χ0v) is 14.5. The number of carbonyl (C=O) groups excluding carboxylic acids is 1. The standard InChI is InChI=1S/C18H24F3NO3/c1-3-11-25-13(2)16(23)22-9-7-17(24,8-10-22)14-5-4-6-15(12-14)18(19,20)21/h4-6,12-13,24H,3,7-11H2,1-2H3. The predicted octanol–water partition coefficient (Wildman–Crippen LogP) is 3.33. The Hall–Kier alpha value is -1.60. The Morgan fingerprint density at radius 2 is 2.00 bits per heavy atom. The molecule has 25 heavy (non-hydrogen) atoms. The Balaban J connectivity index is 2.04. The highest BCUT2D eigenvalue weighted by molar-refractivity contribution is 5.80. The fourth-order valence-corrected chi connectivity index (χ4v) is 2.99. The van der Waals surface area contributed by atoms with Gasteiger partial charge in [-0.25, -0.2) is 0 Å². The highest BCUT2D eigenvalue weighted by Crippen LogP contribution is 2.36. The monoisotopic (exact) mass is 359 g/mol. The smallest absolute Gasteiger partial charge is 0.385 e. The third kappa shape index (κ3) is 4.73. The van der Waals surface area contributed by atoms with Gasteiger partial charge in [0.25, 0.3) is 5.91 Å². The van der Waals surface area contributed by atoms with Gasteiger partial charge >= 0.3 is 6.18 Å². The Labute approximate surface area is 145 Å². The number of hydrogen-bond acceptors (Lipinski definition) is 3. The molecule has 0 saturated carbocycles. The van der Waals surface area contributed by atoms with Crippen LogP contribution in [0.2, 0.25) is 0 Å². The van der Waals surface area contributed by atoms with E-state index < -0.39 is 23.4 Å². The lowest BCUT2D eigenvalue weighted by Crippen LogP contribution is -2.48. The van der Waals surface area contributed by atoms with Crippen molar-refractivity contribution in [2.24, 2.45) is 0 Å². The molecule has 4 nitrogen and oxygen atoms in total. The maximum Gasteiger partial charge on any atom is 0.416 e. The lowest BCUT2D eigenvalue weighted by molar-refractivity contribution is -0.147. The Bertz CT molecular complexity index is 595. The summed E-state index contributed by atoms with van der Waals surface area (Å²) in [5.74, 6) is -0.153. The molecule has 0 aliphatic carbocycles. The zero-order valence-electron chi connectivity index (χ0n) is 14.5. The number of rotatable bonds is 5. The number of amides is 1. The Morgan fingerprint density at radius 1 is 1.36 bits per heavy atom. The summed E-state index contributed by atoms with van der Waals surface area (Å²) in [6.07, 6.45) is -3.80. The van der Waals surface area contributed by atoms with Crippen LogP contribution in [0, 0.1) is 0 Å². The SMILES string of the molecule is CCCOC(C)C(=O)N1CCC(O)(c2cccc(C(F)(F)F)c2)CC1. The largest absolute Gasteiger partial charge is 0.416 e. The molecule has 1 atom stereocenters. The van der Waals surface area contributed by atoms with Gasteiger partial charge in [-0.05, 0) is 43.9 Å². The number of halogens is 3. The van der Waals surface area contributed by atoms with Gasteiger partial charge < -0.3 is 14.7 Å². The molecule has 1 N–H and O–H groups in total. The quantitative estimate of drug-likeness (QED) is 0.877. The molecule has 1 unspecified atom stereocenters. The van der Waals surface area contributed by atoms with Crippen LogP contribution in [-0.2, 0) is 21.3 Å². The first kappa shape index (κ1) is 19.7. The van der Waals surface area contributed by atoms with Crippen molar-refractivity contribution in [3.8, 4) is 0 Å². The van der Waals surface area contributed by atoms with Crippen molar-refractivity contribution in [2.75, 3.05) is 19.7 Å². The first-order chi connectivity index (χ1) is 11.7. The molecule has 0 bridgehead atoms. The van der Waals surface area contributed by atoms with E-state index in [1.165, 1.54) is 12.1 Å². The summed E-state index contributed by atoms with van der Waals surface area (Å²) in [4.78, 5) is 13.9. The maximum atomic E-state index is 12.9. The minimum Gasteiger partial charge on any atom is -0.385 e. The van der Waals surface area contributed by atoms with Gasteiger partial charge in [-0.15, -0.1) is 0 Å². The molecule has 1 heterocycles. The maximum absolute atomic E-state index is 12.9. The summed E-state index contributed by atoms with van der Waals surface area (Å²) in [6, 6.07) is 4.77. The van der Waals surface area contributed by atoms with Gasteiger partial charge in [0.1, 0.15) is 6.10 Å². The van der Waals surface area contributed by atoms with E-state index in [9.17, 15) is 23.1 Å². The average Bonchev–Trinajstić information content (AvgIpc) is 2.59. The van der Waals surface area contributed by atoms with E-state index in [0.29, 0.717) is 6.61 Å². The molecule has 1 saturated heterocycles. The first-order valence-corrected chi connectivity index (χ1v) is 8.48. The molecule has 140 valence electrons. The Kier molecular flexibility index (Phi) is 6.11. The van der Waals surface area contributed by atoms with Crippen molar-refractivity contribution in [1.29, 1.82) is 0 Å². The van der Waals surface area contributed by atoms with Crippen molar-refractivity contribution in [3.63, 3.8) is 0 Å². The van der Waals surface area contributed by atoms with Crippen LogP contribution in [-0.4, -0.2) is 41.7 Å². The fraction of sp³-hybridized carbons (Fsp3) is 0.611. The fourth-order valence-electron chi connectivity index (χ4n) is 2.99. The minimum atomic E-state index is -4.45. The van der Waals surface area contributed by atoms with Gasteiger partial charge in [-0.1, -0.05) is 19.1 Å². The van der Waals surface area contributed by atoms with Gasteiger partial charge in [0, 0.05) is 19.7 Å². The van der Waals surface area contributed by atoms with Crippen LogP contribution in [0.15, 0.2) is 24.3 Å². The van der Waals surface area contributed by atoms with E-state index in [1.54, 1.807) is 11.8 Å². The van der Waals surface area contributed by atoms with Crippen molar-refractivity contribution < 1.29 is 27.8 Å². The van der Waals surface area contributed by atoms with Crippen LogP contribution in [0.4, 0.5) is 13.2 Å². The van der Waals surface area contributed by atoms with Crippen LogP contribution in [0.25, 0.3) is 0 Å². The average molecular weight is 359 g/mol. The van der Waals surface area contributed by atoms with Crippen LogP contribution >= 0.6 is 0 Å². The second-order valence-electron chi connectivity index (χ2n) is 6.45. The molecule has 0 aromatic heterocycles. The summed E-state index contributed by atoms with van der Waals surface area (Å²) in [5, 5.41) is 10.8. The molecule has 1 aliphatic rings. The van der Waals surface area contributed by atoms with Gasteiger partial charge in [0.15, 0.2) is 0 Å². The highest BCUT2D eigenvalue weighted by Gasteiger charge is 2.38. The lowest BCUT2D eigenvalue weighted by atomic mass is 9.83. The van der Waals surface area contributed by atoms with Gasteiger partial charge in [-0.2, -0.15) is 13.2 Å². The number of alkyl halides is 3. The van der Waals surface area contributed by atoms with Crippen LogP contribution in [0.5, 0.6) is 0 Å². The Morgan fingerprint density at radius 3 is 2.56 bits per heavy atom. The van der Waals surface area contributed by atoms with Crippen LogP contribution < -0.4 is 0 Å². The minimum absolute atomic E-state index is 0.153. The van der Waals surface area contributed by atoms with E-state index in [0.717, 1.165) is 18.6 Å². The zero-order chi connectivity index (χ0) is 18.7. The van der Waals surface area contributed by atoms with E-state index in [4.69, 9.17) is 4.74 Å². The third-order valence-electron chi connectivity index (χ3n) is 4.55. The van der Waals surface area contributed by atoms with Crippen molar-refractivity contribution in [1.82, 2.24) is 4.90 Å². The summed E-state index contributed by atoms with van der Waals surface area (Å²) >= 11 is 0. The normalized spacial score (nSPS) is 18.9. The number of carbonyl (C=O) groups is 1. The molecule has 2 rings (SSSR count). The number of hydrogen-bond donors (Lipinski definition) is 1. The van der Waals surface area contributed by atoms with Crippen molar-refractivity contribution in [3.05, 3.63) is 35.4 Å². The number of benzene rings is 1. The summed E-state index contributed by atoms with van der Waals surface area (Å²) in [6.45, 7) is 4.70. The molecule has 1 aromatic carbocycles. The molecular weight excluding hydrogens is 335 g/mol. The predicted molar refractivity (Wildman–Crippen MR) is 86.9 cm³/mol. The van der Waals surface area contributed by atoms with Gasteiger partial charge in [-0.3, -0.25) is 4.79 Å². The number of piperidine rings is 1. The second kappa shape index (κ2) is 7.74. The molecule has 1 fully saturated rings. The number of ether oxygens (including phenoxy) is 1. The van der Waals surface area contributed by atoms with Gasteiger partial charge in [0.2, 0.25) is 0 Å². The van der Waals surface area contributed by atoms with Crippen LogP contribution in [0.1, 0.15) is 44.2 Å².